The third-order valence-electron chi connectivity index (χ3n) is 4.05. The lowest BCUT2D eigenvalue weighted by atomic mass is 10.2. The van der Waals surface area contributed by atoms with E-state index in [1.54, 1.807) is 11.1 Å². The van der Waals surface area contributed by atoms with Crippen LogP contribution in [0.15, 0.2) is 42.6 Å². The smallest absolute Gasteiger partial charge is 0.320 e. The number of nitrogens with zero attached hydrogens (tertiary/aromatic N) is 2. The summed E-state index contributed by atoms with van der Waals surface area (Å²) in [6, 6.07) is 10.9. The highest BCUT2D eigenvalue weighted by Crippen LogP contribution is 2.22. The average Bonchev–Trinajstić information content (AvgIpc) is 2.90. The number of aryl methyl sites for hydroxylation is 2. The van der Waals surface area contributed by atoms with Crippen LogP contribution in [-0.4, -0.2) is 29.5 Å². The molecule has 0 saturated carbocycles. The van der Waals surface area contributed by atoms with E-state index in [9.17, 15) is 9.59 Å². The van der Waals surface area contributed by atoms with Crippen LogP contribution >= 0.6 is 0 Å². The molecule has 0 spiro atoms. The van der Waals surface area contributed by atoms with Gasteiger partial charge in [-0.1, -0.05) is 23.8 Å². The van der Waals surface area contributed by atoms with E-state index in [-0.39, 0.29) is 18.0 Å². The fourth-order valence-corrected chi connectivity index (χ4v) is 2.72. The molecule has 1 saturated heterocycles. The molecule has 1 fully saturated rings. The zero-order valence-corrected chi connectivity index (χ0v) is 13.7. The standard InChI is InChI=1S/C18H20N4O2/c1-12-5-7-15(8-6-12)22-11-14(10-16(22)23)20-18(24)21-17-13(2)4-3-9-19-17/h3-9,14H,10-11H2,1-2H3,(H2,19,20,21,24). The maximum absolute atomic E-state index is 12.2. The lowest BCUT2D eigenvalue weighted by Gasteiger charge is -2.17. The normalized spacial score (nSPS) is 17.0. The molecule has 0 aliphatic carbocycles. The monoisotopic (exact) mass is 324 g/mol. The number of carbonyl (C=O) groups excluding carboxylic acids is 2. The van der Waals surface area contributed by atoms with Crippen molar-refractivity contribution in [2.45, 2.75) is 26.3 Å². The second kappa shape index (κ2) is 6.70. The topological polar surface area (TPSA) is 74.3 Å². The Balaban J connectivity index is 1.61. The first-order valence-electron chi connectivity index (χ1n) is 7.89. The van der Waals surface area contributed by atoms with E-state index in [1.807, 2.05) is 50.2 Å². The number of amides is 3. The number of aromatic nitrogens is 1. The van der Waals surface area contributed by atoms with Gasteiger partial charge in [-0.25, -0.2) is 9.78 Å². The van der Waals surface area contributed by atoms with Crippen molar-refractivity contribution in [3.05, 3.63) is 53.7 Å². The number of benzene rings is 1. The Hall–Kier alpha value is -2.89. The van der Waals surface area contributed by atoms with Crippen LogP contribution in [0.25, 0.3) is 0 Å². The molecule has 2 N–H and O–H groups in total. The SMILES string of the molecule is Cc1ccc(N2CC(NC(=O)Nc3ncccc3C)CC2=O)cc1. The predicted octanol–water partition coefficient (Wildman–Crippen LogP) is 2.63. The molecule has 0 radical (unpaired) electrons. The van der Waals surface area contributed by atoms with E-state index in [1.165, 1.54) is 0 Å². The first-order valence-corrected chi connectivity index (χ1v) is 7.89. The van der Waals surface area contributed by atoms with Crippen LogP contribution in [0.1, 0.15) is 17.5 Å². The van der Waals surface area contributed by atoms with Crippen molar-refractivity contribution >= 4 is 23.4 Å². The highest BCUT2D eigenvalue weighted by Gasteiger charge is 2.31. The minimum Gasteiger partial charge on any atom is -0.333 e. The van der Waals surface area contributed by atoms with Crippen molar-refractivity contribution in [2.24, 2.45) is 0 Å². The second-order valence-corrected chi connectivity index (χ2v) is 6.01. The summed E-state index contributed by atoms with van der Waals surface area (Å²) in [5.41, 5.74) is 2.89. The lowest BCUT2D eigenvalue weighted by Crippen LogP contribution is -2.40. The molecule has 0 bridgehead atoms. The summed E-state index contributed by atoms with van der Waals surface area (Å²) >= 11 is 0. The van der Waals surface area contributed by atoms with Gasteiger partial charge in [0.05, 0.1) is 6.04 Å². The molecule has 124 valence electrons. The Morgan fingerprint density at radius 2 is 1.96 bits per heavy atom. The van der Waals surface area contributed by atoms with Gasteiger partial charge >= 0.3 is 6.03 Å². The van der Waals surface area contributed by atoms with Crippen molar-refractivity contribution in [1.82, 2.24) is 10.3 Å². The minimum atomic E-state index is -0.347. The Bertz CT molecular complexity index is 758. The summed E-state index contributed by atoms with van der Waals surface area (Å²) in [5, 5.41) is 5.57. The number of pyridine rings is 1. The van der Waals surface area contributed by atoms with Gasteiger partial charge in [0.25, 0.3) is 0 Å². The molecule has 1 aliphatic heterocycles. The van der Waals surface area contributed by atoms with E-state index in [4.69, 9.17) is 0 Å². The summed E-state index contributed by atoms with van der Waals surface area (Å²) in [5.74, 6) is 0.535. The van der Waals surface area contributed by atoms with Crippen LogP contribution in [0.3, 0.4) is 0 Å². The molecule has 1 unspecified atom stereocenters. The van der Waals surface area contributed by atoms with E-state index >= 15 is 0 Å². The van der Waals surface area contributed by atoms with Crippen molar-refractivity contribution in [2.75, 3.05) is 16.8 Å². The van der Waals surface area contributed by atoms with E-state index in [0.29, 0.717) is 18.8 Å². The van der Waals surface area contributed by atoms with Crippen molar-refractivity contribution < 1.29 is 9.59 Å². The van der Waals surface area contributed by atoms with E-state index in [2.05, 4.69) is 15.6 Å². The second-order valence-electron chi connectivity index (χ2n) is 6.01. The number of carbonyl (C=O) groups is 2. The third kappa shape index (κ3) is 3.53. The third-order valence-corrected chi connectivity index (χ3v) is 4.05. The van der Waals surface area contributed by atoms with Gasteiger partial charge in [-0.3, -0.25) is 10.1 Å². The molecule has 2 heterocycles. The summed E-state index contributed by atoms with van der Waals surface area (Å²) in [7, 11) is 0. The number of nitrogens with one attached hydrogen (secondary N) is 2. The van der Waals surface area contributed by atoms with Crippen LogP contribution in [0, 0.1) is 13.8 Å². The fraction of sp³-hybridized carbons (Fsp3) is 0.278. The van der Waals surface area contributed by atoms with E-state index < -0.39 is 0 Å². The summed E-state index contributed by atoms with van der Waals surface area (Å²) in [4.78, 5) is 30.2. The molecule has 2 aromatic rings. The summed E-state index contributed by atoms with van der Waals surface area (Å²) in [6.07, 6.45) is 1.92. The summed E-state index contributed by atoms with van der Waals surface area (Å²) < 4.78 is 0. The highest BCUT2D eigenvalue weighted by molar-refractivity contribution is 5.97. The maximum Gasteiger partial charge on any atom is 0.320 e. The van der Waals surface area contributed by atoms with Crippen LogP contribution in [0.4, 0.5) is 16.3 Å². The fourth-order valence-electron chi connectivity index (χ4n) is 2.72. The zero-order chi connectivity index (χ0) is 17.1. The Morgan fingerprint density at radius 3 is 2.67 bits per heavy atom. The van der Waals surface area contributed by atoms with Gasteiger partial charge in [-0.2, -0.15) is 0 Å². The van der Waals surface area contributed by atoms with Gasteiger partial charge < -0.3 is 10.2 Å². The van der Waals surface area contributed by atoms with Crippen LogP contribution in [0.2, 0.25) is 0 Å². The number of urea groups is 1. The van der Waals surface area contributed by atoms with Crippen LogP contribution in [0.5, 0.6) is 0 Å². The number of rotatable bonds is 3. The first-order chi connectivity index (χ1) is 11.5. The molecular formula is C18H20N4O2. The Labute approximate surface area is 140 Å². The number of hydrogen-bond donors (Lipinski definition) is 2. The summed E-state index contributed by atoms with van der Waals surface area (Å²) in [6.45, 7) is 4.35. The molecule has 1 aromatic carbocycles. The molecular weight excluding hydrogens is 304 g/mol. The minimum absolute atomic E-state index is 0.0122. The Kier molecular flexibility index (Phi) is 4.46. The van der Waals surface area contributed by atoms with Gasteiger partial charge in [-0.15, -0.1) is 0 Å². The molecule has 1 atom stereocenters. The Morgan fingerprint density at radius 1 is 1.21 bits per heavy atom. The highest BCUT2D eigenvalue weighted by atomic mass is 16.2. The molecule has 6 heteroatoms. The first kappa shape index (κ1) is 16.0. The van der Waals surface area contributed by atoms with Crippen LogP contribution < -0.4 is 15.5 Å². The van der Waals surface area contributed by atoms with Crippen molar-refractivity contribution in [3.63, 3.8) is 0 Å². The molecule has 1 aromatic heterocycles. The zero-order valence-electron chi connectivity index (χ0n) is 13.7. The number of anilines is 2. The molecule has 3 amide bonds. The predicted molar refractivity (Wildman–Crippen MR) is 93.1 cm³/mol. The van der Waals surface area contributed by atoms with Gasteiger partial charge in [0.15, 0.2) is 0 Å². The number of hydrogen-bond acceptors (Lipinski definition) is 3. The largest absolute Gasteiger partial charge is 0.333 e. The lowest BCUT2D eigenvalue weighted by molar-refractivity contribution is -0.117. The van der Waals surface area contributed by atoms with Gasteiger partial charge in [0.2, 0.25) is 5.91 Å². The average molecular weight is 324 g/mol. The molecule has 6 nitrogen and oxygen atoms in total. The van der Waals surface area contributed by atoms with Crippen LogP contribution in [-0.2, 0) is 4.79 Å². The van der Waals surface area contributed by atoms with E-state index in [0.717, 1.165) is 16.8 Å². The quantitative estimate of drug-likeness (QED) is 0.911. The van der Waals surface area contributed by atoms with Gasteiger partial charge in [0, 0.05) is 24.8 Å². The van der Waals surface area contributed by atoms with Crippen molar-refractivity contribution in [1.29, 1.82) is 0 Å². The van der Waals surface area contributed by atoms with Gasteiger partial charge in [0.1, 0.15) is 5.82 Å². The van der Waals surface area contributed by atoms with Crippen molar-refractivity contribution in [3.8, 4) is 0 Å². The molecule has 3 rings (SSSR count). The maximum atomic E-state index is 12.2. The molecule has 24 heavy (non-hydrogen) atoms. The van der Waals surface area contributed by atoms with Gasteiger partial charge in [-0.05, 0) is 37.6 Å². The molecule has 1 aliphatic rings.